The normalized spacial score (nSPS) is 10.1. The molecule has 92 valence electrons. The lowest BCUT2D eigenvalue weighted by Crippen LogP contribution is -2.17. The van der Waals surface area contributed by atoms with Crippen LogP contribution in [0.3, 0.4) is 0 Å². The number of halogens is 1. The van der Waals surface area contributed by atoms with E-state index in [0.29, 0.717) is 5.56 Å². The summed E-state index contributed by atoms with van der Waals surface area (Å²) in [5, 5.41) is 8.95. The zero-order valence-corrected chi connectivity index (χ0v) is 11.7. The Labute approximate surface area is 115 Å². The average molecular weight is 278 g/mol. The summed E-state index contributed by atoms with van der Waals surface area (Å²) in [6, 6.07) is 9.61. The Morgan fingerprint density at radius 3 is 2.83 bits per heavy atom. The summed E-state index contributed by atoms with van der Waals surface area (Å²) < 4.78 is 0.785. The van der Waals surface area contributed by atoms with Crippen LogP contribution < -0.4 is 4.90 Å². The van der Waals surface area contributed by atoms with E-state index in [2.05, 4.69) is 11.1 Å². The summed E-state index contributed by atoms with van der Waals surface area (Å²) in [6.45, 7) is 2.62. The van der Waals surface area contributed by atoms with Crippen molar-refractivity contribution in [3.63, 3.8) is 0 Å². The number of nitriles is 1. The van der Waals surface area contributed by atoms with Crippen LogP contribution in [0.25, 0.3) is 0 Å². The van der Waals surface area contributed by atoms with E-state index in [1.165, 1.54) is 4.88 Å². The van der Waals surface area contributed by atoms with Crippen molar-refractivity contribution in [2.75, 3.05) is 11.9 Å². The van der Waals surface area contributed by atoms with Crippen LogP contribution in [0, 0.1) is 18.3 Å². The molecule has 3 nitrogen and oxygen atoms in total. The zero-order valence-electron chi connectivity index (χ0n) is 10.1. The number of anilines is 1. The van der Waals surface area contributed by atoms with E-state index in [-0.39, 0.29) is 0 Å². The highest BCUT2D eigenvalue weighted by molar-refractivity contribution is 7.16. The third-order valence-corrected chi connectivity index (χ3v) is 3.70. The van der Waals surface area contributed by atoms with Gasteiger partial charge < -0.3 is 4.90 Å². The lowest BCUT2D eigenvalue weighted by atomic mass is 10.2. The molecule has 0 aliphatic rings. The minimum Gasteiger partial charge on any atom is -0.354 e. The summed E-state index contributed by atoms with van der Waals surface area (Å²) in [5.74, 6) is 0.802. The van der Waals surface area contributed by atoms with Crippen molar-refractivity contribution >= 4 is 28.8 Å². The predicted octanol–water partition coefficient (Wildman–Crippen LogP) is 3.61. The maximum Gasteiger partial charge on any atom is 0.130 e. The molecule has 0 unspecified atom stereocenters. The van der Waals surface area contributed by atoms with E-state index in [1.54, 1.807) is 23.5 Å². The molecule has 0 amide bonds. The molecule has 0 saturated carbocycles. The molecular weight excluding hydrogens is 266 g/mol. The van der Waals surface area contributed by atoms with Crippen molar-refractivity contribution in [1.29, 1.82) is 5.26 Å². The molecular formula is C13H12ClN3S. The summed E-state index contributed by atoms with van der Waals surface area (Å²) in [5.41, 5.74) is 1.48. The number of thiophene rings is 1. The third kappa shape index (κ3) is 3.00. The molecule has 2 aromatic heterocycles. The Morgan fingerprint density at radius 1 is 1.44 bits per heavy atom. The Morgan fingerprint density at radius 2 is 2.22 bits per heavy atom. The SMILES string of the molecule is Cc1cc(C#N)cc(N(C)Cc2ccc(Cl)s2)n1. The van der Waals surface area contributed by atoms with Crippen LogP contribution in [0.1, 0.15) is 16.1 Å². The first-order valence-corrected chi connectivity index (χ1v) is 6.62. The zero-order chi connectivity index (χ0) is 13.1. The van der Waals surface area contributed by atoms with Crippen molar-refractivity contribution in [3.8, 4) is 6.07 Å². The summed E-state index contributed by atoms with van der Waals surface area (Å²) in [7, 11) is 1.95. The van der Waals surface area contributed by atoms with Crippen molar-refractivity contribution in [2.45, 2.75) is 13.5 Å². The number of aryl methyl sites for hydroxylation is 1. The molecule has 0 N–H and O–H groups in total. The van der Waals surface area contributed by atoms with Gasteiger partial charge in [-0.2, -0.15) is 5.26 Å². The molecule has 0 radical (unpaired) electrons. The smallest absolute Gasteiger partial charge is 0.130 e. The van der Waals surface area contributed by atoms with Crippen LogP contribution in [0.2, 0.25) is 4.34 Å². The number of hydrogen-bond donors (Lipinski definition) is 0. The van der Waals surface area contributed by atoms with Gasteiger partial charge >= 0.3 is 0 Å². The van der Waals surface area contributed by atoms with Gasteiger partial charge in [-0.05, 0) is 31.2 Å². The number of aromatic nitrogens is 1. The highest BCUT2D eigenvalue weighted by Gasteiger charge is 2.07. The van der Waals surface area contributed by atoms with E-state index in [1.807, 2.05) is 31.0 Å². The van der Waals surface area contributed by atoms with Gasteiger partial charge in [0.15, 0.2) is 0 Å². The molecule has 0 spiro atoms. The number of hydrogen-bond acceptors (Lipinski definition) is 4. The fourth-order valence-corrected chi connectivity index (χ4v) is 2.80. The third-order valence-electron chi connectivity index (χ3n) is 2.48. The molecule has 0 saturated heterocycles. The van der Waals surface area contributed by atoms with Gasteiger partial charge in [-0.3, -0.25) is 0 Å². The number of pyridine rings is 1. The fraction of sp³-hybridized carbons (Fsp3) is 0.231. The number of nitrogens with zero attached hydrogens (tertiary/aromatic N) is 3. The minimum absolute atomic E-state index is 0.633. The molecule has 2 heterocycles. The largest absolute Gasteiger partial charge is 0.354 e. The van der Waals surface area contributed by atoms with Crippen molar-refractivity contribution in [1.82, 2.24) is 4.98 Å². The van der Waals surface area contributed by atoms with Crippen molar-refractivity contribution in [3.05, 3.63) is 44.7 Å². The second-order valence-corrected chi connectivity index (χ2v) is 5.83. The average Bonchev–Trinajstić information content (AvgIpc) is 2.73. The molecule has 0 aromatic carbocycles. The molecule has 2 aromatic rings. The molecule has 0 aliphatic carbocycles. The van der Waals surface area contributed by atoms with E-state index in [4.69, 9.17) is 16.9 Å². The Hall–Kier alpha value is -1.57. The van der Waals surface area contributed by atoms with E-state index in [0.717, 1.165) is 22.4 Å². The molecule has 0 bridgehead atoms. The van der Waals surface area contributed by atoms with Crippen LogP contribution in [-0.2, 0) is 6.54 Å². The standard InChI is InChI=1S/C13H12ClN3S/c1-9-5-10(7-15)6-13(16-9)17(2)8-11-3-4-12(14)18-11/h3-6H,8H2,1-2H3. The second kappa shape index (κ2) is 5.38. The topological polar surface area (TPSA) is 39.9 Å². The Balaban J connectivity index is 2.21. The molecule has 0 aliphatic heterocycles. The van der Waals surface area contributed by atoms with Crippen LogP contribution in [0.4, 0.5) is 5.82 Å². The summed E-state index contributed by atoms with van der Waals surface area (Å²) >= 11 is 7.46. The van der Waals surface area contributed by atoms with E-state index < -0.39 is 0 Å². The first-order valence-electron chi connectivity index (χ1n) is 5.42. The maximum absolute atomic E-state index is 8.95. The van der Waals surface area contributed by atoms with Crippen LogP contribution in [-0.4, -0.2) is 12.0 Å². The molecule has 0 fully saturated rings. The molecule has 18 heavy (non-hydrogen) atoms. The van der Waals surface area contributed by atoms with Gasteiger partial charge in [0.05, 0.1) is 22.5 Å². The lowest BCUT2D eigenvalue weighted by Gasteiger charge is -2.17. The van der Waals surface area contributed by atoms with Crippen LogP contribution >= 0.6 is 22.9 Å². The Bertz CT molecular complexity index is 601. The van der Waals surface area contributed by atoms with Crippen LogP contribution in [0.5, 0.6) is 0 Å². The molecule has 5 heteroatoms. The molecule has 0 atom stereocenters. The highest BCUT2D eigenvalue weighted by Crippen LogP contribution is 2.24. The van der Waals surface area contributed by atoms with Gasteiger partial charge in [0.2, 0.25) is 0 Å². The van der Waals surface area contributed by atoms with Crippen LogP contribution in [0.15, 0.2) is 24.3 Å². The summed E-state index contributed by atoms with van der Waals surface area (Å²) in [4.78, 5) is 7.61. The first kappa shape index (κ1) is 12.9. The molecule has 2 rings (SSSR count). The van der Waals surface area contributed by atoms with Crippen molar-refractivity contribution in [2.24, 2.45) is 0 Å². The van der Waals surface area contributed by atoms with E-state index in [9.17, 15) is 0 Å². The number of rotatable bonds is 3. The van der Waals surface area contributed by atoms with Gasteiger partial charge in [0.25, 0.3) is 0 Å². The quantitative estimate of drug-likeness (QED) is 0.860. The van der Waals surface area contributed by atoms with Gasteiger partial charge in [0, 0.05) is 17.6 Å². The fourth-order valence-electron chi connectivity index (χ4n) is 1.66. The van der Waals surface area contributed by atoms with Gasteiger partial charge in [-0.25, -0.2) is 4.98 Å². The lowest BCUT2D eigenvalue weighted by molar-refractivity contribution is 0.905. The van der Waals surface area contributed by atoms with Crippen molar-refractivity contribution < 1.29 is 0 Å². The highest BCUT2D eigenvalue weighted by atomic mass is 35.5. The Kier molecular flexibility index (Phi) is 3.85. The maximum atomic E-state index is 8.95. The predicted molar refractivity (Wildman–Crippen MR) is 75.1 cm³/mol. The van der Waals surface area contributed by atoms with Gasteiger partial charge in [-0.15, -0.1) is 11.3 Å². The minimum atomic E-state index is 0.633. The summed E-state index contributed by atoms with van der Waals surface area (Å²) in [6.07, 6.45) is 0. The van der Waals surface area contributed by atoms with E-state index >= 15 is 0 Å². The first-order chi connectivity index (χ1) is 8.58. The monoisotopic (exact) mass is 277 g/mol. The van der Waals surface area contributed by atoms with Gasteiger partial charge in [-0.1, -0.05) is 11.6 Å². The second-order valence-electron chi connectivity index (χ2n) is 4.03. The van der Waals surface area contributed by atoms with Gasteiger partial charge in [0.1, 0.15) is 5.82 Å².